The van der Waals surface area contributed by atoms with Crippen molar-refractivity contribution in [3.05, 3.63) is 23.2 Å². The molecule has 18 heavy (non-hydrogen) atoms. The van der Waals surface area contributed by atoms with Crippen molar-refractivity contribution in [3.63, 3.8) is 0 Å². The number of benzene rings is 1. The number of rotatable bonds is 5. The second kappa shape index (κ2) is 5.87. The van der Waals surface area contributed by atoms with Crippen molar-refractivity contribution < 1.29 is 0 Å². The average Bonchev–Trinajstić information content (AvgIpc) is 2.67. The van der Waals surface area contributed by atoms with Crippen molar-refractivity contribution in [2.45, 2.75) is 19.4 Å². The van der Waals surface area contributed by atoms with Gasteiger partial charge in [-0.05, 0) is 52.2 Å². The number of hydrogen-bond acceptors (Lipinski definition) is 4. The van der Waals surface area contributed by atoms with Gasteiger partial charge in [-0.3, -0.25) is 0 Å². The predicted octanol–water partition coefficient (Wildman–Crippen LogP) is 3.70. The van der Waals surface area contributed by atoms with Gasteiger partial charge >= 0.3 is 0 Å². The van der Waals surface area contributed by atoms with Gasteiger partial charge in [0.15, 0.2) is 5.13 Å². The molecule has 1 aromatic carbocycles. The number of anilines is 1. The van der Waals surface area contributed by atoms with Gasteiger partial charge in [0, 0.05) is 11.1 Å². The third kappa shape index (κ3) is 3.57. The van der Waals surface area contributed by atoms with Gasteiger partial charge in [-0.25, -0.2) is 4.98 Å². The maximum Gasteiger partial charge on any atom is 0.184 e. The van der Waals surface area contributed by atoms with Gasteiger partial charge in [-0.2, -0.15) is 0 Å². The number of aromatic nitrogens is 1. The van der Waals surface area contributed by atoms with Crippen LogP contribution in [0.5, 0.6) is 0 Å². The monoisotopic (exact) mass is 283 g/mol. The molecule has 0 bridgehead atoms. The molecule has 0 fully saturated rings. The normalized spacial score (nSPS) is 13.2. The fourth-order valence-corrected chi connectivity index (χ4v) is 2.95. The first-order valence-corrected chi connectivity index (χ1v) is 7.21. The molecule has 3 nitrogen and oxygen atoms in total. The maximum atomic E-state index is 5.97. The van der Waals surface area contributed by atoms with Crippen LogP contribution < -0.4 is 5.32 Å². The van der Waals surface area contributed by atoms with E-state index in [9.17, 15) is 0 Å². The molecule has 1 heterocycles. The summed E-state index contributed by atoms with van der Waals surface area (Å²) in [6, 6.07) is 6.22. The molecular weight excluding hydrogens is 266 g/mol. The highest BCUT2D eigenvalue weighted by molar-refractivity contribution is 7.22. The molecule has 0 radical (unpaired) electrons. The van der Waals surface area contributed by atoms with Crippen molar-refractivity contribution in [2.75, 3.05) is 26.0 Å². The summed E-state index contributed by atoms with van der Waals surface area (Å²) in [5.74, 6) is 0. The zero-order chi connectivity index (χ0) is 13.1. The lowest BCUT2D eigenvalue weighted by atomic mass is 10.2. The van der Waals surface area contributed by atoms with E-state index in [1.165, 1.54) is 0 Å². The van der Waals surface area contributed by atoms with E-state index in [0.717, 1.165) is 33.3 Å². The van der Waals surface area contributed by atoms with Crippen molar-refractivity contribution in [1.82, 2.24) is 9.88 Å². The molecule has 1 unspecified atom stereocenters. The second-order valence-electron chi connectivity index (χ2n) is 4.77. The van der Waals surface area contributed by atoms with E-state index in [1.807, 2.05) is 18.2 Å². The second-order valence-corrected chi connectivity index (χ2v) is 6.24. The zero-order valence-electron chi connectivity index (χ0n) is 10.9. The smallest absolute Gasteiger partial charge is 0.184 e. The van der Waals surface area contributed by atoms with Crippen LogP contribution in [0.15, 0.2) is 18.2 Å². The molecule has 2 rings (SSSR count). The summed E-state index contributed by atoms with van der Waals surface area (Å²) in [4.78, 5) is 6.75. The highest BCUT2D eigenvalue weighted by Crippen LogP contribution is 2.28. The average molecular weight is 284 g/mol. The number of nitrogens with one attached hydrogen (secondary N) is 1. The van der Waals surface area contributed by atoms with E-state index in [2.05, 4.69) is 36.2 Å². The summed E-state index contributed by atoms with van der Waals surface area (Å²) in [6.45, 7) is 3.26. The van der Waals surface area contributed by atoms with E-state index >= 15 is 0 Å². The number of nitrogens with zero attached hydrogens (tertiary/aromatic N) is 2. The largest absolute Gasteiger partial charge is 0.359 e. The topological polar surface area (TPSA) is 28.2 Å². The Morgan fingerprint density at radius 3 is 2.94 bits per heavy atom. The fourth-order valence-electron chi connectivity index (χ4n) is 1.69. The van der Waals surface area contributed by atoms with Crippen LogP contribution in [0.3, 0.4) is 0 Å². The minimum Gasteiger partial charge on any atom is -0.359 e. The molecule has 0 aliphatic heterocycles. The van der Waals surface area contributed by atoms with Gasteiger partial charge in [0.2, 0.25) is 0 Å². The van der Waals surface area contributed by atoms with Crippen LogP contribution in [0.4, 0.5) is 5.13 Å². The summed E-state index contributed by atoms with van der Waals surface area (Å²) in [7, 11) is 4.18. The van der Waals surface area contributed by atoms with E-state index in [1.54, 1.807) is 11.3 Å². The Bertz CT molecular complexity index is 524. The van der Waals surface area contributed by atoms with Gasteiger partial charge in [0.1, 0.15) is 0 Å². The van der Waals surface area contributed by atoms with E-state index in [4.69, 9.17) is 11.6 Å². The molecule has 1 N–H and O–H groups in total. The summed E-state index contributed by atoms with van der Waals surface area (Å²) in [5, 5.41) is 5.18. The van der Waals surface area contributed by atoms with E-state index in [-0.39, 0.29) is 0 Å². The Kier molecular flexibility index (Phi) is 4.43. The molecule has 2 aromatic rings. The van der Waals surface area contributed by atoms with Crippen LogP contribution in [0.25, 0.3) is 10.2 Å². The van der Waals surface area contributed by atoms with Crippen LogP contribution in [0, 0.1) is 0 Å². The van der Waals surface area contributed by atoms with Crippen molar-refractivity contribution >= 4 is 38.3 Å². The van der Waals surface area contributed by atoms with Crippen LogP contribution in [0.2, 0.25) is 5.02 Å². The van der Waals surface area contributed by atoms with Gasteiger partial charge in [-0.1, -0.05) is 22.9 Å². The number of fused-ring (bicyclic) bond motifs is 1. The minimum absolute atomic E-state index is 0.420. The zero-order valence-corrected chi connectivity index (χ0v) is 12.5. The molecule has 1 aromatic heterocycles. The van der Waals surface area contributed by atoms with Crippen LogP contribution in [-0.4, -0.2) is 36.6 Å². The Morgan fingerprint density at radius 1 is 1.44 bits per heavy atom. The van der Waals surface area contributed by atoms with Crippen LogP contribution in [0.1, 0.15) is 13.3 Å². The maximum absolute atomic E-state index is 5.97. The first-order valence-electron chi connectivity index (χ1n) is 6.02. The number of hydrogen-bond donors (Lipinski definition) is 1. The molecule has 98 valence electrons. The van der Waals surface area contributed by atoms with E-state index in [0.29, 0.717) is 6.04 Å². The first-order chi connectivity index (χ1) is 8.54. The third-order valence-electron chi connectivity index (χ3n) is 2.73. The van der Waals surface area contributed by atoms with Crippen molar-refractivity contribution in [3.8, 4) is 0 Å². The highest BCUT2D eigenvalue weighted by atomic mass is 35.5. The first kappa shape index (κ1) is 13.6. The van der Waals surface area contributed by atoms with Gasteiger partial charge < -0.3 is 10.2 Å². The van der Waals surface area contributed by atoms with Crippen molar-refractivity contribution in [1.29, 1.82) is 0 Å². The summed E-state index contributed by atoms with van der Waals surface area (Å²) in [5.41, 5.74) is 1.01. The highest BCUT2D eigenvalue weighted by Gasteiger charge is 2.08. The number of thiazole rings is 1. The van der Waals surface area contributed by atoms with Crippen molar-refractivity contribution in [2.24, 2.45) is 0 Å². The Labute approximate surface area is 117 Å². The summed E-state index contributed by atoms with van der Waals surface area (Å²) >= 11 is 7.62. The number of halogens is 1. The molecule has 0 aliphatic rings. The lowest BCUT2D eigenvalue weighted by Gasteiger charge is -2.15. The SMILES string of the molecule is CC(CCN(C)C)Nc1nc2ccc(Cl)cc2s1. The summed E-state index contributed by atoms with van der Waals surface area (Å²) < 4.78 is 1.13. The van der Waals surface area contributed by atoms with Crippen LogP contribution in [-0.2, 0) is 0 Å². The lowest BCUT2D eigenvalue weighted by molar-refractivity contribution is 0.390. The van der Waals surface area contributed by atoms with E-state index < -0.39 is 0 Å². The molecule has 0 spiro atoms. The molecular formula is C13H18ClN3S. The standard InChI is InChI=1S/C13H18ClN3S/c1-9(6-7-17(2)3)15-13-16-11-5-4-10(14)8-12(11)18-13/h4-5,8-9H,6-7H2,1-3H3,(H,15,16). The molecule has 5 heteroatoms. The van der Waals surface area contributed by atoms with Crippen LogP contribution >= 0.6 is 22.9 Å². The lowest BCUT2D eigenvalue weighted by Crippen LogP contribution is -2.22. The molecule has 0 amide bonds. The fraction of sp³-hybridized carbons (Fsp3) is 0.462. The van der Waals surface area contributed by atoms with Gasteiger partial charge in [0.25, 0.3) is 0 Å². The van der Waals surface area contributed by atoms with Gasteiger partial charge in [-0.15, -0.1) is 0 Å². The Morgan fingerprint density at radius 2 is 2.22 bits per heavy atom. The quantitative estimate of drug-likeness (QED) is 0.907. The molecule has 0 saturated heterocycles. The summed E-state index contributed by atoms with van der Waals surface area (Å²) in [6.07, 6.45) is 1.10. The Hall–Kier alpha value is -0.840. The third-order valence-corrected chi connectivity index (χ3v) is 3.91. The molecule has 0 saturated carbocycles. The Balaban J connectivity index is 2.03. The molecule has 1 atom stereocenters. The van der Waals surface area contributed by atoms with Gasteiger partial charge in [0.05, 0.1) is 10.2 Å². The minimum atomic E-state index is 0.420. The predicted molar refractivity (Wildman–Crippen MR) is 80.9 cm³/mol. The molecule has 0 aliphatic carbocycles.